The summed E-state index contributed by atoms with van der Waals surface area (Å²) in [7, 11) is 1.43. The molecule has 162 valence electrons. The van der Waals surface area contributed by atoms with Crippen molar-refractivity contribution < 1.29 is 24.2 Å². The monoisotopic (exact) mass is 430 g/mol. The number of hydrogen-bond acceptors (Lipinski definition) is 7. The van der Waals surface area contributed by atoms with Crippen molar-refractivity contribution in [2.24, 2.45) is 10.2 Å². The van der Waals surface area contributed by atoms with Gasteiger partial charge in [0.2, 0.25) is 0 Å². The van der Waals surface area contributed by atoms with E-state index in [2.05, 4.69) is 16.8 Å². The highest BCUT2D eigenvalue weighted by atomic mass is 16.5. The molecule has 7 heteroatoms. The van der Waals surface area contributed by atoms with Gasteiger partial charge in [0.15, 0.2) is 5.78 Å². The lowest BCUT2D eigenvalue weighted by Gasteiger charge is -2.09. The number of nitrogens with zero attached hydrogens (tertiary/aromatic N) is 2. The molecule has 0 aliphatic rings. The predicted octanol–water partition coefficient (Wildman–Crippen LogP) is 5.67. The molecule has 0 saturated heterocycles. The number of carbonyl (C=O) groups excluding carboxylic acids is 2. The third-order valence-electron chi connectivity index (χ3n) is 4.48. The van der Waals surface area contributed by atoms with Crippen LogP contribution in [0, 0.1) is 0 Å². The summed E-state index contributed by atoms with van der Waals surface area (Å²) in [5.41, 5.74) is 2.37. The number of methoxy groups -OCH3 is 1. The summed E-state index contributed by atoms with van der Waals surface area (Å²) in [5, 5.41) is 18.7. The molecular weight excluding hydrogens is 408 g/mol. The highest BCUT2D eigenvalue weighted by molar-refractivity contribution is 6.11. The predicted molar refractivity (Wildman–Crippen MR) is 120 cm³/mol. The Hall–Kier alpha value is -4.26. The first kappa shape index (κ1) is 22.4. The van der Waals surface area contributed by atoms with Crippen LogP contribution in [0.4, 0.5) is 11.4 Å². The lowest BCUT2D eigenvalue weighted by atomic mass is 10.0. The van der Waals surface area contributed by atoms with Crippen LogP contribution in [0.1, 0.15) is 28.4 Å². The fraction of sp³-hybridized carbons (Fsp3) is 0.120. The molecule has 32 heavy (non-hydrogen) atoms. The summed E-state index contributed by atoms with van der Waals surface area (Å²) in [5.74, 6) is -0.761. The molecule has 0 aliphatic heterocycles. The Morgan fingerprint density at radius 3 is 2.44 bits per heavy atom. The van der Waals surface area contributed by atoms with Gasteiger partial charge in [0.05, 0.1) is 18.4 Å². The number of aromatic hydroxyl groups is 1. The van der Waals surface area contributed by atoms with Crippen LogP contribution in [0.25, 0.3) is 0 Å². The van der Waals surface area contributed by atoms with Crippen LogP contribution < -0.4 is 4.74 Å². The van der Waals surface area contributed by atoms with Crippen LogP contribution in [0.3, 0.4) is 0 Å². The topological polar surface area (TPSA) is 97.6 Å². The number of azo groups is 1. The fourth-order valence-corrected chi connectivity index (χ4v) is 2.82. The number of benzene rings is 3. The number of carbonyl (C=O) groups is 2. The SMILES string of the molecule is C=C(C)C(=O)OCc1cccc(/N=N/c2cc(C(=O)c3ccccc3)c(O)cc2OC)c1. The van der Waals surface area contributed by atoms with Gasteiger partial charge < -0.3 is 14.6 Å². The molecule has 0 radical (unpaired) electrons. The van der Waals surface area contributed by atoms with Gasteiger partial charge >= 0.3 is 5.97 Å². The average molecular weight is 430 g/mol. The summed E-state index contributed by atoms with van der Waals surface area (Å²) in [6, 6.07) is 18.4. The molecule has 0 aromatic heterocycles. The largest absolute Gasteiger partial charge is 0.507 e. The Morgan fingerprint density at radius 1 is 1.00 bits per heavy atom. The Bertz CT molecular complexity index is 1190. The number of rotatable bonds is 8. The van der Waals surface area contributed by atoms with E-state index >= 15 is 0 Å². The van der Waals surface area contributed by atoms with Gasteiger partial charge in [0.25, 0.3) is 0 Å². The second kappa shape index (κ2) is 10.2. The second-order valence-electron chi connectivity index (χ2n) is 6.96. The first-order chi connectivity index (χ1) is 15.4. The van der Waals surface area contributed by atoms with Crippen molar-refractivity contribution in [1.29, 1.82) is 0 Å². The van der Waals surface area contributed by atoms with E-state index in [-0.39, 0.29) is 35.1 Å². The molecule has 3 aromatic rings. The number of phenolic OH excluding ortho intramolecular Hbond substituents is 1. The molecule has 0 heterocycles. The van der Waals surface area contributed by atoms with E-state index in [4.69, 9.17) is 9.47 Å². The van der Waals surface area contributed by atoms with Crippen LogP contribution in [0.5, 0.6) is 11.5 Å². The molecule has 0 bridgehead atoms. The van der Waals surface area contributed by atoms with Gasteiger partial charge in [-0.2, -0.15) is 5.11 Å². The molecule has 7 nitrogen and oxygen atoms in total. The molecule has 0 fully saturated rings. The summed E-state index contributed by atoms with van der Waals surface area (Å²) in [6.07, 6.45) is 0. The maximum Gasteiger partial charge on any atom is 0.333 e. The molecular formula is C25H22N2O5. The molecule has 0 unspecified atom stereocenters. The number of phenols is 1. The fourth-order valence-electron chi connectivity index (χ4n) is 2.82. The van der Waals surface area contributed by atoms with E-state index in [1.807, 2.05) is 0 Å². The van der Waals surface area contributed by atoms with Crippen molar-refractivity contribution in [3.8, 4) is 11.5 Å². The molecule has 3 rings (SSSR count). The molecule has 1 N–H and O–H groups in total. The minimum atomic E-state index is -0.471. The lowest BCUT2D eigenvalue weighted by molar-refractivity contribution is -0.140. The molecule has 0 atom stereocenters. The van der Waals surface area contributed by atoms with Crippen molar-refractivity contribution in [1.82, 2.24) is 0 Å². The molecule has 3 aromatic carbocycles. The highest BCUT2D eigenvalue weighted by Crippen LogP contribution is 2.36. The van der Waals surface area contributed by atoms with E-state index < -0.39 is 5.97 Å². The summed E-state index contributed by atoms with van der Waals surface area (Å²) < 4.78 is 10.4. The quantitative estimate of drug-likeness (QED) is 0.215. The van der Waals surface area contributed by atoms with E-state index in [9.17, 15) is 14.7 Å². The average Bonchev–Trinajstić information content (AvgIpc) is 2.81. The maximum atomic E-state index is 12.8. The number of ether oxygens (including phenoxy) is 2. The van der Waals surface area contributed by atoms with Crippen LogP contribution in [-0.2, 0) is 16.1 Å². The molecule has 0 saturated carbocycles. The maximum absolute atomic E-state index is 12.8. The normalized spacial score (nSPS) is 10.7. The van der Waals surface area contributed by atoms with Crippen molar-refractivity contribution >= 4 is 23.1 Å². The van der Waals surface area contributed by atoms with Gasteiger partial charge in [-0.25, -0.2) is 4.79 Å². The summed E-state index contributed by atoms with van der Waals surface area (Å²) >= 11 is 0. The number of hydrogen-bond donors (Lipinski definition) is 1. The third-order valence-corrected chi connectivity index (χ3v) is 4.48. The minimum absolute atomic E-state index is 0.0767. The van der Waals surface area contributed by atoms with Gasteiger partial charge in [-0.3, -0.25) is 4.79 Å². The van der Waals surface area contributed by atoms with E-state index in [0.717, 1.165) is 5.56 Å². The smallest absolute Gasteiger partial charge is 0.333 e. The standard InChI is InChI=1S/C25H22N2O5/c1-16(2)25(30)32-15-17-8-7-11-19(12-17)26-27-21-13-20(22(28)14-23(21)31-3)24(29)18-9-5-4-6-10-18/h4-14,28H,1,15H2,2-3H3/b27-26+. The van der Waals surface area contributed by atoms with E-state index in [1.54, 1.807) is 61.5 Å². The first-order valence-corrected chi connectivity index (χ1v) is 9.73. The Balaban J connectivity index is 1.86. The van der Waals surface area contributed by atoms with Crippen molar-refractivity contribution in [2.75, 3.05) is 7.11 Å². The zero-order valence-electron chi connectivity index (χ0n) is 17.7. The van der Waals surface area contributed by atoms with Gasteiger partial charge in [0.1, 0.15) is 23.8 Å². The summed E-state index contributed by atoms with van der Waals surface area (Å²) in [4.78, 5) is 24.4. The Kier molecular flexibility index (Phi) is 7.13. The Labute approximate surface area is 185 Å². The molecule has 0 spiro atoms. The van der Waals surface area contributed by atoms with Crippen molar-refractivity contribution in [2.45, 2.75) is 13.5 Å². The van der Waals surface area contributed by atoms with E-state index in [0.29, 0.717) is 16.8 Å². The van der Waals surface area contributed by atoms with E-state index in [1.165, 1.54) is 19.2 Å². The van der Waals surface area contributed by atoms with Crippen molar-refractivity contribution in [3.05, 3.63) is 95.6 Å². The Morgan fingerprint density at radius 2 is 1.75 bits per heavy atom. The number of esters is 1. The first-order valence-electron chi connectivity index (χ1n) is 9.73. The minimum Gasteiger partial charge on any atom is -0.507 e. The van der Waals surface area contributed by atoms with Gasteiger partial charge in [-0.05, 0) is 30.7 Å². The number of ketones is 1. The van der Waals surface area contributed by atoms with Gasteiger partial charge in [0, 0.05) is 17.2 Å². The zero-order valence-corrected chi connectivity index (χ0v) is 17.7. The van der Waals surface area contributed by atoms with Crippen LogP contribution in [-0.4, -0.2) is 24.0 Å². The zero-order chi connectivity index (χ0) is 23.1. The van der Waals surface area contributed by atoms with Crippen LogP contribution in [0.2, 0.25) is 0 Å². The van der Waals surface area contributed by atoms with Crippen LogP contribution in [0.15, 0.2) is 89.1 Å². The lowest BCUT2D eigenvalue weighted by Crippen LogP contribution is -2.04. The highest BCUT2D eigenvalue weighted by Gasteiger charge is 2.17. The third kappa shape index (κ3) is 5.46. The van der Waals surface area contributed by atoms with Gasteiger partial charge in [-0.1, -0.05) is 49.0 Å². The van der Waals surface area contributed by atoms with Gasteiger partial charge in [-0.15, -0.1) is 5.11 Å². The summed E-state index contributed by atoms with van der Waals surface area (Å²) in [6.45, 7) is 5.20. The molecule has 0 aliphatic carbocycles. The molecule has 0 amide bonds. The second-order valence-corrected chi connectivity index (χ2v) is 6.96. The van der Waals surface area contributed by atoms with Crippen molar-refractivity contribution in [3.63, 3.8) is 0 Å². The van der Waals surface area contributed by atoms with Crippen LogP contribution >= 0.6 is 0 Å².